The van der Waals surface area contributed by atoms with Crippen LogP contribution in [0.25, 0.3) is 0 Å². The first-order chi connectivity index (χ1) is 14.9. The van der Waals surface area contributed by atoms with Crippen molar-refractivity contribution in [2.75, 3.05) is 48.8 Å². The number of aryl methyl sites for hydroxylation is 1. The van der Waals surface area contributed by atoms with Crippen molar-refractivity contribution in [3.05, 3.63) is 45.1 Å². The SMILES string of the molecule is Cc1cccc(Cl)c1NC(=O)c1cnc(Nc2nc(Cl)nc(N3CCN(C)CC3)n2)s1. The fourth-order valence-corrected chi connectivity index (χ4v) is 4.17. The van der Waals surface area contributed by atoms with Crippen LogP contribution in [0.5, 0.6) is 0 Å². The Morgan fingerprint density at radius 3 is 2.65 bits per heavy atom. The highest BCUT2D eigenvalue weighted by atomic mass is 35.5. The number of para-hydroxylation sites is 1. The number of carbonyl (C=O) groups excluding carboxylic acids is 1. The number of halogens is 2. The monoisotopic (exact) mass is 478 g/mol. The van der Waals surface area contributed by atoms with Crippen LogP contribution in [0.3, 0.4) is 0 Å². The molecule has 1 aliphatic rings. The lowest BCUT2D eigenvalue weighted by Gasteiger charge is -2.32. The summed E-state index contributed by atoms with van der Waals surface area (Å²) in [4.78, 5) is 34.4. The van der Waals surface area contributed by atoms with E-state index in [0.717, 1.165) is 31.7 Å². The van der Waals surface area contributed by atoms with Crippen molar-refractivity contribution in [3.63, 3.8) is 0 Å². The van der Waals surface area contributed by atoms with E-state index in [0.29, 0.717) is 26.7 Å². The molecule has 0 radical (unpaired) electrons. The maximum atomic E-state index is 12.6. The van der Waals surface area contributed by atoms with E-state index in [1.54, 1.807) is 6.07 Å². The summed E-state index contributed by atoms with van der Waals surface area (Å²) in [5, 5.41) is 6.89. The Labute approximate surface area is 193 Å². The van der Waals surface area contributed by atoms with E-state index in [1.165, 1.54) is 17.5 Å². The van der Waals surface area contributed by atoms with Gasteiger partial charge in [0.05, 0.1) is 16.9 Å². The Morgan fingerprint density at radius 1 is 1.13 bits per heavy atom. The zero-order valence-corrected chi connectivity index (χ0v) is 19.2. The molecular formula is C19H20Cl2N8OS. The van der Waals surface area contributed by atoms with Crippen molar-refractivity contribution in [1.82, 2.24) is 24.8 Å². The van der Waals surface area contributed by atoms with Gasteiger partial charge in [0.1, 0.15) is 4.88 Å². The van der Waals surface area contributed by atoms with Gasteiger partial charge in [0.2, 0.25) is 17.2 Å². The highest BCUT2D eigenvalue weighted by molar-refractivity contribution is 7.17. The molecule has 12 heteroatoms. The van der Waals surface area contributed by atoms with Gasteiger partial charge in [-0.15, -0.1) is 0 Å². The summed E-state index contributed by atoms with van der Waals surface area (Å²) in [7, 11) is 2.08. The predicted molar refractivity (Wildman–Crippen MR) is 124 cm³/mol. The van der Waals surface area contributed by atoms with Gasteiger partial charge < -0.3 is 15.1 Å². The van der Waals surface area contributed by atoms with Crippen LogP contribution in [0.15, 0.2) is 24.4 Å². The summed E-state index contributed by atoms with van der Waals surface area (Å²) in [6.07, 6.45) is 1.48. The number of hydrogen-bond donors (Lipinski definition) is 2. The molecule has 0 spiro atoms. The molecule has 0 unspecified atom stereocenters. The number of nitrogens with zero attached hydrogens (tertiary/aromatic N) is 6. The summed E-state index contributed by atoms with van der Waals surface area (Å²) in [5.74, 6) is 0.491. The molecule has 0 atom stereocenters. The average Bonchev–Trinajstić information content (AvgIpc) is 3.19. The lowest BCUT2D eigenvalue weighted by molar-refractivity contribution is 0.103. The number of rotatable bonds is 5. The van der Waals surface area contributed by atoms with Crippen molar-refractivity contribution >= 4 is 63.2 Å². The van der Waals surface area contributed by atoms with Crippen molar-refractivity contribution in [2.24, 2.45) is 0 Å². The highest BCUT2D eigenvalue weighted by Gasteiger charge is 2.19. The zero-order valence-electron chi connectivity index (χ0n) is 16.9. The molecule has 2 aromatic heterocycles. The normalized spacial score (nSPS) is 14.5. The van der Waals surface area contributed by atoms with Crippen molar-refractivity contribution in [1.29, 1.82) is 0 Å². The van der Waals surface area contributed by atoms with Crippen LogP contribution in [0.2, 0.25) is 10.3 Å². The Morgan fingerprint density at radius 2 is 1.90 bits per heavy atom. The molecule has 1 aliphatic heterocycles. The molecule has 31 heavy (non-hydrogen) atoms. The Balaban J connectivity index is 1.47. The minimum atomic E-state index is -0.298. The van der Waals surface area contributed by atoms with Gasteiger partial charge in [0.25, 0.3) is 5.91 Å². The van der Waals surface area contributed by atoms with Gasteiger partial charge in [0, 0.05) is 26.2 Å². The molecule has 2 N–H and O–H groups in total. The van der Waals surface area contributed by atoms with Crippen LogP contribution in [0, 0.1) is 6.92 Å². The second kappa shape index (κ2) is 9.31. The topological polar surface area (TPSA) is 99.2 Å². The van der Waals surface area contributed by atoms with Gasteiger partial charge >= 0.3 is 0 Å². The fourth-order valence-electron chi connectivity index (χ4n) is 3.04. The lowest BCUT2D eigenvalue weighted by Crippen LogP contribution is -2.45. The number of amides is 1. The Kier molecular flexibility index (Phi) is 6.51. The maximum absolute atomic E-state index is 12.6. The molecule has 3 heterocycles. The van der Waals surface area contributed by atoms with E-state index >= 15 is 0 Å². The number of hydrogen-bond acceptors (Lipinski definition) is 9. The molecule has 9 nitrogen and oxygen atoms in total. The number of thiazole rings is 1. The third-order valence-corrected chi connectivity index (χ3v) is 6.19. The summed E-state index contributed by atoms with van der Waals surface area (Å²) in [6.45, 7) is 5.33. The number of benzene rings is 1. The summed E-state index contributed by atoms with van der Waals surface area (Å²) >= 11 is 13.5. The molecule has 0 saturated carbocycles. The number of nitrogens with one attached hydrogen (secondary N) is 2. The van der Waals surface area contributed by atoms with Crippen LogP contribution < -0.4 is 15.5 Å². The van der Waals surface area contributed by atoms with Gasteiger partial charge in [-0.05, 0) is 37.2 Å². The van der Waals surface area contributed by atoms with Crippen molar-refractivity contribution < 1.29 is 4.79 Å². The number of aromatic nitrogens is 4. The second-order valence-electron chi connectivity index (χ2n) is 7.06. The van der Waals surface area contributed by atoms with E-state index < -0.39 is 0 Å². The quantitative estimate of drug-likeness (QED) is 0.572. The standard InChI is InChI=1S/C19H20Cl2N8OS/c1-11-4-3-5-12(20)14(11)23-15(30)13-10-22-19(31-13)27-17-24-16(21)25-18(26-17)29-8-6-28(2)7-9-29/h3-5,10H,6-9H2,1-2H3,(H,23,30)(H,22,24,25,26,27). The zero-order chi connectivity index (χ0) is 22.0. The molecule has 1 saturated heterocycles. The third kappa shape index (κ3) is 5.21. The predicted octanol–water partition coefficient (Wildman–Crippen LogP) is 3.69. The number of piperazine rings is 1. The smallest absolute Gasteiger partial charge is 0.267 e. The highest BCUT2D eigenvalue weighted by Crippen LogP contribution is 2.28. The fraction of sp³-hybridized carbons (Fsp3) is 0.316. The van der Waals surface area contributed by atoms with Crippen molar-refractivity contribution in [2.45, 2.75) is 6.92 Å². The molecule has 3 aromatic rings. The van der Waals surface area contributed by atoms with E-state index in [9.17, 15) is 4.79 Å². The van der Waals surface area contributed by atoms with Crippen molar-refractivity contribution in [3.8, 4) is 0 Å². The molecule has 1 fully saturated rings. The van der Waals surface area contributed by atoms with Gasteiger partial charge in [-0.2, -0.15) is 15.0 Å². The molecule has 1 amide bonds. The van der Waals surface area contributed by atoms with Crippen LogP contribution in [-0.2, 0) is 0 Å². The Bertz CT molecular complexity index is 1080. The van der Waals surface area contributed by atoms with Crippen LogP contribution in [0.1, 0.15) is 15.2 Å². The van der Waals surface area contributed by atoms with E-state index in [1.807, 2.05) is 19.1 Å². The van der Waals surface area contributed by atoms with Gasteiger partial charge in [-0.1, -0.05) is 35.1 Å². The lowest BCUT2D eigenvalue weighted by atomic mass is 10.2. The number of likely N-dealkylation sites (N-methyl/N-ethyl adjacent to an activating group) is 1. The first-order valence-electron chi connectivity index (χ1n) is 9.53. The largest absolute Gasteiger partial charge is 0.338 e. The maximum Gasteiger partial charge on any atom is 0.267 e. The molecule has 1 aromatic carbocycles. The summed E-state index contributed by atoms with van der Waals surface area (Å²) < 4.78 is 0. The molecular weight excluding hydrogens is 459 g/mol. The molecule has 4 rings (SSSR count). The Hall–Kier alpha value is -2.53. The second-order valence-corrected chi connectivity index (χ2v) is 8.83. The van der Waals surface area contributed by atoms with Crippen LogP contribution >= 0.6 is 34.5 Å². The molecule has 0 bridgehead atoms. The third-order valence-electron chi connectivity index (χ3n) is 4.79. The van der Waals surface area contributed by atoms with Gasteiger partial charge in [-0.25, -0.2) is 4.98 Å². The minimum Gasteiger partial charge on any atom is -0.338 e. The first kappa shape index (κ1) is 21.7. The van der Waals surface area contributed by atoms with Crippen LogP contribution in [-0.4, -0.2) is 64.0 Å². The van der Waals surface area contributed by atoms with Crippen LogP contribution in [0.4, 0.5) is 22.7 Å². The first-order valence-corrected chi connectivity index (χ1v) is 11.1. The van der Waals surface area contributed by atoms with E-state index in [-0.39, 0.29) is 17.1 Å². The van der Waals surface area contributed by atoms with Gasteiger partial charge in [0.15, 0.2) is 5.13 Å². The molecule has 162 valence electrons. The number of anilines is 4. The van der Waals surface area contributed by atoms with Gasteiger partial charge in [-0.3, -0.25) is 10.1 Å². The number of carbonyl (C=O) groups is 1. The summed E-state index contributed by atoms with van der Waals surface area (Å²) in [6, 6.07) is 5.44. The average molecular weight is 479 g/mol. The summed E-state index contributed by atoms with van der Waals surface area (Å²) in [5.41, 5.74) is 1.46. The molecule has 0 aliphatic carbocycles. The van der Waals surface area contributed by atoms with E-state index in [4.69, 9.17) is 23.2 Å². The minimum absolute atomic E-state index is 0.0927. The van der Waals surface area contributed by atoms with E-state index in [2.05, 4.69) is 47.4 Å².